The molecule has 2 aromatic heterocycles. The summed E-state index contributed by atoms with van der Waals surface area (Å²) in [6, 6.07) is 7.24. The van der Waals surface area contributed by atoms with E-state index in [0.29, 0.717) is 12.3 Å². The number of carbonyl (C=O) groups is 1. The third-order valence-corrected chi connectivity index (χ3v) is 3.21. The number of nitrogens with two attached hydrogens (primary N) is 1. The van der Waals surface area contributed by atoms with Crippen molar-refractivity contribution in [3.63, 3.8) is 0 Å². The fourth-order valence-electron chi connectivity index (χ4n) is 2.18. The van der Waals surface area contributed by atoms with E-state index in [1.165, 1.54) is 0 Å². The number of rotatable bonds is 4. The first kappa shape index (κ1) is 13.3. The quantitative estimate of drug-likeness (QED) is 0.670. The number of fused-ring (bicyclic) bond motifs is 1. The molecule has 1 aromatic carbocycles. The van der Waals surface area contributed by atoms with Gasteiger partial charge in [0.25, 0.3) is 0 Å². The van der Waals surface area contributed by atoms with Crippen LogP contribution in [0.5, 0.6) is 0 Å². The molecule has 2 heterocycles. The lowest BCUT2D eigenvalue weighted by Gasteiger charge is -2.09. The van der Waals surface area contributed by atoms with Crippen molar-refractivity contribution in [1.82, 2.24) is 15.2 Å². The number of aromatic amines is 1. The summed E-state index contributed by atoms with van der Waals surface area (Å²) in [4.78, 5) is 15.2. The van der Waals surface area contributed by atoms with Gasteiger partial charge in [0.1, 0.15) is 0 Å². The average Bonchev–Trinajstić information content (AvgIpc) is 3.06. The molecule has 3 rings (SSSR count). The van der Waals surface area contributed by atoms with Crippen LogP contribution in [-0.4, -0.2) is 27.1 Å². The minimum atomic E-state index is -0.698. The van der Waals surface area contributed by atoms with E-state index in [1.54, 1.807) is 6.92 Å². The van der Waals surface area contributed by atoms with Gasteiger partial charge in [-0.05, 0) is 18.1 Å². The highest BCUT2D eigenvalue weighted by molar-refractivity contribution is 5.93. The van der Waals surface area contributed by atoms with Gasteiger partial charge in [0.15, 0.2) is 0 Å². The van der Waals surface area contributed by atoms with Crippen LogP contribution in [0.4, 0.5) is 6.01 Å². The topological polar surface area (TPSA) is 110 Å². The molecule has 0 aliphatic carbocycles. The first-order chi connectivity index (χ1) is 10.1. The lowest BCUT2D eigenvalue weighted by Crippen LogP contribution is -2.37. The second-order valence-electron chi connectivity index (χ2n) is 4.79. The maximum atomic E-state index is 12.0. The van der Waals surface area contributed by atoms with Crippen LogP contribution in [0.25, 0.3) is 10.9 Å². The minimum Gasteiger partial charge on any atom is -0.408 e. The number of hydrogen-bond donors (Lipinski definition) is 3. The van der Waals surface area contributed by atoms with Crippen molar-refractivity contribution in [2.75, 3.05) is 5.32 Å². The van der Waals surface area contributed by atoms with Crippen molar-refractivity contribution in [3.8, 4) is 0 Å². The first-order valence-corrected chi connectivity index (χ1v) is 6.55. The van der Waals surface area contributed by atoms with Gasteiger partial charge in [0.05, 0.1) is 6.04 Å². The molecular weight excluding hydrogens is 270 g/mol. The smallest absolute Gasteiger partial charge is 0.322 e. The van der Waals surface area contributed by atoms with Crippen LogP contribution in [0, 0.1) is 6.92 Å². The van der Waals surface area contributed by atoms with E-state index in [-0.39, 0.29) is 11.9 Å². The highest BCUT2D eigenvalue weighted by Crippen LogP contribution is 2.19. The molecule has 1 atom stereocenters. The molecule has 108 valence electrons. The van der Waals surface area contributed by atoms with E-state index in [9.17, 15) is 4.79 Å². The van der Waals surface area contributed by atoms with Crippen LogP contribution in [-0.2, 0) is 11.2 Å². The molecule has 0 saturated carbocycles. The number of H-pyrrole nitrogens is 1. The minimum absolute atomic E-state index is 0.0619. The van der Waals surface area contributed by atoms with Crippen LogP contribution in [0.2, 0.25) is 0 Å². The highest BCUT2D eigenvalue weighted by Gasteiger charge is 2.18. The molecule has 0 fully saturated rings. The predicted octanol–water partition coefficient (Wildman–Crippen LogP) is 1.37. The van der Waals surface area contributed by atoms with Crippen molar-refractivity contribution >= 4 is 22.8 Å². The summed E-state index contributed by atoms with van der Waals surface area (Å²) in [5.41, 5.74) is 7.95. The Bertz CT molecular complexity index is 776. The van der Waals surface area contributed by atoms with Gasteiger partial charge in [0.2, 0.25) is 11.8 Å². The third kappa shape index (κ3) is 2.77. The molecule has 0 radical (unpaired) electrons. The largest absolute Gasteiger partial charge is 0.408 e. The van der Waals surface area contributed by atoms with Gasteiger partial charge in [-0.3, -0.25) is 10.1 Å². The summed E-state index contributed by atoms with van der Waals surface area (Å²) in [5.74, 6) is 0.0273. The molecule has 4 N–H and O–H groups in total. The second-order valence-corrected chi connectivity index (χ2v) is 4.79. The standard InChI is InChI=1S/C14H15N5O2/c1-8-18-19-14(21-8)17-13(20)11(15)6-9-7-16-12-5-3-2-4-10(9)12/h2-5,7,11,16H,6,15H2,1H3,(H,17,19,20)/t11-/m0/s1. The number of carbonyl (C=O) groups excluding carboxylic acids is 1. The lowest BCUT2D eigenvalue weighted by atomic mass is 10.1. The Hall–Kier alpha value is -2.67. The van der Waals surface area contributed by atoms with Crippen LogP contribution in [0.3, 0.4) is 0 Å². The van der Waals surface area contributed by atoms with Gasteiger partial charge < -0.3 is 15.1 Å². The summed E-state index contributed by atoms with van der Waals surface area (Å²) in [6.07, 6.45) is 2.29. The highest BCUT2D eigenvalue weighted by atomic mass is 16.4. The number of amides is 1. The summed E-state index contributed by atoms with van der Waals surface area (Å²) in [6.45, 7) is 1.65. The number of aromatic nitrogens is 3. The van der Waals surface area contributed by atoms with Gasteiger partial charge in [0, 0.05) is 24.0 Å². The molecule has 0 aliphatic rings. The number of aryl methyl sites for hydroxylation is 1. The Morgan fingerprint density at radius 3 is 3.00 bits per heavy atom. The van der Waals surface area contributed by atoms with Gasteiger partial charge >= 0.3 is 6.01 Å². The number of nitrogens with zero attached hydrogens (tertiary/aromatic N) is 2. The fourth-order valence-corrected chi connectivity index (χ4v) is 2.18. The summed E-state index contributed by atoms with van der Waals surface area (Å²) >= 11 is 0. The van der Waals surface area contributed by atoms with Crippen LogP contribution < -0.4 is 11.1 Å². The molecule has 0 aliphatic heterocycles. The number of benzene rings is 1. The number of nitrogens with one attached hydrogen (secondary N) is 2. The maximum absolute atomic E-state index is 12.0. The molecule has 7 nitrogen and oxygen atoms in total. The monoisotopic (exact) mass is 285 g/mol. The van der Waals surface area contributed by atoms with Crippen LogP contribution in [0.15, 0.2) is 34.9 Å². The van der Waals surface area contributed by atoms with Crippen LogP contribution in [0.1, 0.15) is 11.5 Å². The van der Waals surface area contributed by atoms with Gasteiger partial charge in [-0.1, -0.05) is 23.3 Å². The summed E-state index contributed by atoms with van der Waals surface area (Å²) in [5, 5.41) is 10.9. The molecule has 0 unspecified atom stereocenters. The van der Waals surface area contributed by atoms with Crippen molar-refractivity contribution in [1.29, 1.82) is 0 Å². The van der Waals surface area contributed by atoms with Crippen molar-refractivity contribution in [2.45, 2.75) is 19.4 Å². The van der Waals surface area contributed by atoms with E-state index in [2.05, 4.69) is 20.5 Å². The molecular formula is C14H15N5O2. The second kappa shape index (κ2) is 5.37. The molecule has 1 amide bonds. The fraction of sp³-hybridized carbons (Fsp3) is 0.214. The van der Waals surface area contributed by atoms with E-state index in [1.807, 2.05) is 30.5 Å². The number of hydrogen-bond acceptors (Lipinski definition) is 5. The summed E-state index contributed by atoms with van der Waals surface area (Å²) in [7, 11) is 0. The molecule has 21 heavy (non-hydrogen) atoms. The van der Waals surface area contributed by atoms with E-state index < -0.39 is 6.04 Å². The molecule has 0 spiro atoms. The zero-order valence-corrected chi connectivity index (χ0v) is 11.5. The van der Waals surface area contributed by atoms with Gasteiger partial charge in [-0.25, -0.2) is 0 Å². The Morgan fingerprint density at radius 1 is 1.43 bits per heavy atom. The first-order valence-electron chi connectivity index (χ1n) is 6.55. The van der Waals surface area contributed by atoms with Gasteiger partial charge in [-0.15, -0.1) is 5.10 Å². The Balaban J connectivity index is 1.70. The van der Waals surface area contributed by atoms with Crippen molar-refractivity contribution in [2.24, 2.45) is 5.73 Å². The predicted molar refractivity (Wildman–Crippen MR) is 77.6 cm³/mol. The third-order valence-electron chi connectivity index (χ3n) is 3.21. The molecule has 7 heteroatoms. The normalized spacial score (nSPS) is 12.5. The van der Waals surface area contributed by atoms with Crippen molar-refractivity contribution < 1.29 is 9.21 Å². The zero-order valence-electron chi connectivity index (χ0n) is 11.5. The molecule has 0 saturated heterocycles. The van der Waals surface area contributed by atoms with E-state index in [4.69, 9.17) is 10.2 Å². The Morgan fingerprint density at radius 2 is 2.24 bits per heavy atom. The van der Waals surface area contributed by atoms with Gasteiger partial charge in [-0.2, -0.15) is 0 Å². The van der Waals surface area contributed by atoms with Crippen molar-refractivity contribution in [3.05, 3.63) is 41.9 Å². The Labute approximate surface area is 120 Å². The number of para-hydroxylation sites is 1. The zero-order chi connectivity index (χ0) is 14.8. The number of anilines is 1. The average molecular weight is 285 g/mol. The Kier molecular flexibility index (Phi) is 3.41. The lowest BCUT2D eigenvalue weighted by molar-refractivity contribution is -0.117. The van der Waals surface area contributed by atoms with E-state index in [0.717, 1.165) is 16.5 Å². The molecule has 0 bridgehead atoms. The van der Waals surface area contributed by atoms with Crippen LogP contribution >= 0.6 is 0 Å². The summed E-state index contributed by atoms with van der Waals surface area (Å²) < 4.78 is 5.09. The maximum Gasteiger partial charge on any atom is 0.322 e. The van der Waals surface area contributed by atoms with E-state index >= 15 is 0 Å². The SMILES string of the molecule is Cc1nnc(NC(=O)[C@@H](N)Cc2c[nH]c3ccccc23)o1. The molecule has 3 aromatic rings.